The van der Waals surface area contributed by atoms with E-state index < -0.39 is 0 Å². The van der Waals surface area contributed by atoms with Crippen LogP contribution in [0.2, 0.25) is 10.0 Å². The lowest BCUT2D eigenvalue weighted by Gasteiger charge is -2.22. The molecule has 0 aromatic heterocycles. The molecule has 1 atom stereocenters. The minimum atomic E-state index is 0.0806. The van der Waals surface area contributed by atoms with Crippen molar-refractivity contribution in [1.82, 2.24) is 4.90 Å². The van der Waals surface area contributed by atoms with Gasteiger partial charge in [0.05, 0.1) is 11.6 Å². The van der Waals surface area contributed by atoms with Gasteiger partial charge in [-0.15, -0.1) is 0 Å². The Hall–Kier alpha value is -0.570. The van der Waals surface area contributed by atoms with Gasteiger partial charge in [-0.3, -0.25) is 9.69 Å². The number of carbonyl (C=O) groups is 1. The molecular weight excluding hydrogens is 269 g/mol. The first-order chi connectivity index (χ1) is 8.61. The van der Waals surface area contributed by atoms with Gasteiger partial charge in [0.25, 0.3) is 0 Å². The van der Waals surface area contributed by atoms with E-state index in [2.05, 4.69) is 11.8 Å². The largest absolute Gasteiger partial charge is 0.293 e. The van der Waals surface area contributed by atoms with Gasteiger partial charge in [-0.2, -0.15) is 0 Å². The van der Waals surface area contributed by atoms with Gasteiger partial charge in [0, 0.05) is 16.6 Å². The number of rotatable bonds is 4. The summed E-state index contributed by atoms with van der Waals surface area (Å²) < 4.78 is 0. The number of carbonyl (C=O) groups excluding carboxylic acids is 1. The molecule has 0 spiro atoms. The maximum atomic E-state index is 12.2. The molecule has 18 heavy (non-hydrogen) atoms. The highest BCUT2D eigenvalue weighted by Crippen LogP contribution is 2.24. The number of nitrogens with zero attached hydrogens (tertiary/aromatic N) is 1. The van der Waals surface area contributed by atoms with Gasteiger partial charge >= 0.3 is 0 Å². The van der Waals surface area contributed by atoms with Gasteiger partial charge in [0.2, 0.25) is 0 Å². The topological polar surface area (TPSA) is 20.3 Å². The number of Topliss-reactive ketones (excluding diaryl/α,β-unsaturated/α-hetero) is 1. The predicted molar refractivity (Wildman–Crippen MR) is 75.7 cm³/mol. The van der Waals surface area contributed by atoms with Crippen LogP contribution < -0.4 is 0 Å². The van der Waals surface area contributed by atoms with Crippen LogP contribution in [0.15, 0.2) is 18.2 Å². The van der Waals surface area contributed by atoms with Crippen LogP contribution in [-0.4, -0.2) is 29.8 Å². The molecule has 0 bridgehead atoms. The molecule has 2 nitrogen and oxygen atoms in total. The summed E-state index contributed by atoms with van der Waals surface area (Å²) in [5, 5.41) is 1.00. The molecule has 0 radical (unpaired) electrons. The summed E-state index contributed by atoms with van der Waals surface area (Å²) in [7, 11) is 0. The monoisotopic (exact) mass is 285 g/mol. The van der Waals surface area contributed by atoms with E-state index in [1.165, 1.54) is 12.8 Å². The Kier molecular flexibility index (Phi) is 4.66. The third kappa shape index (κ3) is 3.05. The molecule has 1 fully saturated rings. The highest BCUT2D eigenvalue weighted by Gasteiger charge is 2.25. The molecule has 1 aromatic rings. The summed E-state index contributed by atoms with van der Waals surface area (Å²) in [5.74, 6) is 0.0806. The predicted octanol–water partition coefficient (Wildman–Crippen LogP) is 4.05. The molecule has 1 saturated heterocycles. The Bertz CT molecular complexity index is 447. The Morgan fingerprint density at radius 2 is 2.22 bits per heavy atom. The first kappa shape index (κ1) is 13.9. The number of halogens is 2. The average molecular weight is 286 g/mol. The van der Waals surface area contributed by atoms with Crippen molar-refractivity contribution in [2.24, 2.45) is 0 Å². The van der Waals surface area contributed by atoms with Crippen molar-refractivity contribution in [1.29, 1.82) is 0 Å². The summed E-state index contributed by atoms with van der Waals surface area (Å²) in [6.45, 7) is 3.64. The maximum Gasteiger partial charge on any atom is 0.178 e. The molecule has 1 aromatic carbocycles. The minimum absolute atomic E-state index is 0.0806. The van der Waals surface area contributed by atoms with E-state index in [0.29, 0.717) is 28.2 Å². The van der Waals surface area contributed by atoms with Crippen LogP contribution in [0.3, 0.4) is 0 Å². The van der Waals surface area contributed by atoms with Gasteiger partial charge in [0.1, 0.15) is 0 Å². The van der Waals surface area contributed by atoms with Crippen molar-refractivity contribution in [2.45, 2.75) is 32.2 Å². The lowest BCUT2D eigenvalue weighted by Crippen LogP contribution is -2.34. The van der Waals surface area contributed by atoms with Gasteiger partial charge in [0.15, 0.2) is 5.78 Å². The highest BCUT2D eigenvalue weighted by molar-refractivity contribution is 6.36. The van der Waals surface area contributed by atoms with E-state index in [0.717, 1.165) is 13.0 Å². The number of ketones is 1. The number of hydrogen-bond acceptors (Lipinski definition) is 2. The first-order valence-electron chi connectivity index (χ1n) is 6.34. The van der Waals surface area contributed by atoms with Crippen molar-refractivity contribution in [3.63, 3.8) is 0 Å². The molecule has 1 aliphatic heterocycles. The Labute approximate surface area is 118 Å². The number of benzene rings is 1. The van der Waals surface area contributed by atoms with Crippen molar-refractivity contribution >= 4 is 29.0 Å². The second kappa shape index (κ2) is 6.05. The van der Waals surface area contributed by atoms with Crippen LogP contribution in [0.1, 0.15) is 36.5 Å². The highest BCUT2D eigenvalue weighted by atomic mass is 35.5. The van der Waals surface area contributed by atoms with E-state index in [9.17, 15) is 4.79 Å². The summed E-state index contributed by atoms with van der Waals surface area (Å²) in [6.07, 6.45) is 3.47. The fraction of sp³-hybridized carbons (Fsp3) is 0.500. The van der Waals surface area contributed by atoms with E-state index in [-0.39, 0.29) is 5.78 Å². The molecular formula is C14H17Cl2NO. The number of hydrogen-bond donors (Lipinski definition) is 0. The molecule has 98 valence electrons. The lowest BCUT2D eigenvalue weighted by molar-refractivity contribution is 0.0920. The van der Waals surface area contributed by atoms with Crippen molar-refractivity contribution in [2.75, 3.05) is 13.1 Å². The molecule has 1 heterocycles. The first-order valence-corrected chi connectivity index (χ1v) is 7.09. The quantitative estimate of drug-likeness (QED) is 0.778. The van der Waals surface area contributed by atoms with E-state index in [4.69, 9.17) is 23.2 Å². The summed E-state index contributed by atoms with van der Waals surface area (Å²) in [4.78, 5) is 14.5. The molecule has 0 aliphatic carbocycles. The van der Waals surface area contributed by atoms with Crippen LogP contribution in [0, 0.1) is 0 Å². The standard InChI is InChI=1S/C14H17Cl2NO/c1-2-11-4-3-7-17(11)9-14(18)12-6-5-10(15)8-13(12)16/h5-6,8,11H,2-4,7,9H2,1H3. The molecule has 0 saturated carbocycles. The Morgan fingerprint density at radius 1 is 1.44 bits per heavy atom. The molecule has 2 rings (SSSR count). The molecule has 0 amide bonds. The summed E-state index contributed by atoms with van der Waals surface area (Å²) in [6, 6.07) is 5.59. The van der Waals surface area contributed by atoms with Crippen molar-refractivity contribution < 1.29 is 4.79 Å². The van der Waals surface area contributed by atoms with Crippen LogP contribution >= 0.6 is 23.2 Å². The number of likely N-dealkylation sites (tertiary alicyclic amines) is 1. The molecule has 0 N–H and O–H groups in total. The third-order valence-electron chi connectivity index (χ3n) is 3.55. The Balaban J connectivity index is 2.07. The average Bonchev–Trinajstić information content (AvgIpc) is 2.76. The molecule has 1 unspecified atom stereocenters. The smallest absolute Gasteiger partial charge is 0.178 e. The fourth-order valence-corrected chi connectivity index (χ4v) is 3.06. The zero-order valence-electron chi connectivity index (χ0n) is 10.5. The van der Waals surface area contributed by atoms with Crippen molar-refractivity contribution in [3.05, 3.63) is 33.8 Å². The minimum Gasteiger partial charge on any atom is -0.293 e. The van der Waals surface area contributed by atoms with Crippen LogP contribution in [0.25, 0.3) is 0 Å². The van der Waals surface area contributed by atoms with Gasteiger partial charge in [-0.25, -0.2) is 0 Å². The van der Waals surface area contributed by atoms with Crippen LogP contribution in [0.5, 0.6) is 0 Å². The van der Waals surface area contributed by atoms with Crippen molar-refractivity contribution in [3.8, 4) is 0 Å². The van der Waals surface area contributed by atoms with Crippen LogP contribution in [-0.2, 0) is 0 Å². The summed E-state index contributed by atoms with van der Waals surface area (Å²) in [5.41, 5.74) is 0.572. The zero-order chi connectivity index (χ0) is 13.1. The molecule has 1 aliphatic rings. The fourth-order valence-electron chi connectivity index (χ4n) is 2.55. The SMILES string of the molecule is CCC1CCCN1CC(=O)c1ccc(Cl)cc1Cl. The molecule has 4 heteroatoms. The van der Waals surface area contributed by atoms with E-state index >= 15 is 0 Å². The third-order valence-corrected chi connectivity index (χ3v) is 4.10. The lowest BCUT2D eigenvalue weighted by atomic mass is 10.1. The van der Waals surface area contributed by atoms with Gasteiger partial charge < -0.3 is 0 Å². The van der Waals surface area contributed by atoms with Gasteiger partial charge in [-0.05, 0) is 44.0 Å². The summed E-state index contributed by atoms with van der Waals surface area (Å²) >= 11 is 11.9. The van der Waals surface area contributed by atoms with E-state index in [1.807, 2.05) is 0 Å². The second-order valence-electron chi connectivity index (χ2n) is 4.72. The zero-order valence-corrected chi connectivity index (χ0v) is 12.0. The normalized spacial score (nSPS) is 20.3. The maximum absolute atomic E-state index is 12.2. The second-order valence-corrected chi connectivity index (χ2v) is 5.57. The van der Waals surface area contributed by atoms with Crippen LogP contribution in [0.4, 0.5) is 0 Å². The Morgan fingerprint density at radius 3 is 2.89 bits per heavy atom. The van der Waals surface area contributed by atoms with Gasteiger partial charge in [-0.1, -0.05) is 30.1 Å². The van der Waals surface area contributed by atoms with E-state index in [1.54, 1.807) is 18.2 Å².